The highest BCUT2D eigenvalue weighted by Crippen LogP contribution is 2.53. The number of carbonyl (C=O) groups is 4. The smallest absolute Gasteiger partial charge is 0.255 e. The zero-order valence-electron chi connectivity index (χ0n) is 22.7. The van der Waals surface area contributed by atoms with Crippen molar-refractivity contribution >= 4 is 57.4 Å². The van der Waals surface area contributed by atoms with E-state index in [9.17, 15) is 39.6 Å². The summed E-state index contributed by atoms with van der Waals surface area (Å²) in [7, 11) is 3.10. The standard InChI is InChI=1S/C28H33IN4O8/c1-33(2)21-14-8-11-7-13-15(29)9-16(32-17(34)10-31-12-5-3-4-6-12)22(35)19(13)23(36)18(11)25(38)28(14,41)26(39)20(24(21)37)27(30)40/h9,11-12,14,21,31,35-36,39,41H,3-8,10H2,1-2H3,(H2,30,40)(H,32,34)/t11?,14?,21-,28-/m0/s1. The fourth-order valence-corrected chi connectivity index (χ4v) is 7.72. The molecule has 2 amide bonds. The summed E-state index contributed by atoms with van der Waals surface area (Å²) >= 11 is 2.03. The zero-order chi connectivity index (χ0) is 30.0. The van der Waals surface area contributed by atoms with Crippen molar-refractivity contribution in [2.24, 2.45) is 17.6 Å². The summed E-state index contributed by atoms with van der Waals surface area (Å²) in [6.07, 6.45) is 4.39. The fraction of sp³-hybridized carbons (Fsp3) is 0.500. The summed E-state index contributed by atoms with van der Waals surface area (Å²) in [6.45, 7) is 0.0411. The van der Waals surface area contributed by atoms with Crippen LogP contribution in [-0.4, -0.2) is 87.0 Å². The zero-order valence-corrected chi connectivity index (χ0v) is 24.8. The first-order valence-electron chi connectivity index (χ1n) is 13.5. The van der Waals surface area contributed by atoms with Crippen LogP contribution in [0.15, 0.2) is 23.0 Å². The number of Topliss-reactive ketones (excluding diaryl/α,β-unsaturated/α-hetero) is 2. The summed E-state index contributed by atoms with van der Waals surface area (Å²) in [6, 6.07) is 0.704. The number of benzene rings is 1. The maximum Gasteiger partial charge on any atom is 0.255 e. The summed E-state index contributed by atoms with van der Waals surface area (Å²) in [5, 5.41) is 51.1. The van der Waals surface area contributed by atoms with Crippen molar-refractivity contribution in [1.82, 2.24) is 10.2 Å². The number of hydrogen-bond acceptors (Lipinski definition) is 10. The predicted octanol–water partition coefficient (Wildman–Crippen LogP) is 1.04. The molecule has 0 heterocycles. The van der Waals surface area contributed by atoms with Gasteiger partial charge < -0.3 is 36.8 Å². The Labute approximate surface area is 249 Å². The van der Waals surface area contributed by atoms with Crippen LogP contribution in [0.5, 0.6) is 5.75 Å². The van der Waals surface area contributed by atoms with E-state index >= 15 is 0 Å². The number of primary amides is 1. The van der Waals surface area contributed by atoms with Crippen molar-refractivity contribution in [3.8, 4) is 5.75 Å². The molecule has 8 N–H and O–H groups in total. The summed E-state index contributed by atoms with van der Waals surface area (Å²) in [4.78, 5) is 53.3. The number of aliphatic hydroxyl groups excluding tert-OH is 2. The molecule has 2 saturated carbocycles. The van der Waals surface area contributed by atoms with Crippen molar-refractivity contribution in [1.29, 1.82) is 0 Å². The maximum atomic E-state index is 14.0. The number of anilines is 1. The summed E-state index contributed by atoms with van der Waals surface area (Å²) in [5.74, 6) is -7.54. The second-order valence-electron chi connectivity index (χ2n) is 11.5. The van der Waals surface area contributed by atoms with E-state index in [1.807, 2.05) is 22.6 Å². The van der Waals surface area contributed by atoms with Crippen LogP contribution in [-0.2, 0) is 25.6 Å². The number of likely N-dealkylation sites (N-methyl/N-ethyl adjacent to an activating group) is 1. The van der Waals surface area contributed by atoms with Crippen molar-refractivity contribution in [2.45, 2.75) is 56.2 Å². The average molecular weight is 680 g/mol. The van der Waals surface area contributed by atoms with Gasteiger partial charge in [-0.25, -0.2) is 0 Å². The molecule has 0 aliphatic heterocycles. The number of carbonyl (C=O) groups excluding carboxylic acids is 4. The maximum absolute atomic E-state index is 14.0. The van der Waals surface area contributed by atoms with Crippen LogP contribution in [0.1, 0.15) is 43.2 Å². The molecule has 0 bridgehead atoms. The third-order valence-corrected chi connectivity index (χ3v) is 9.81. The van der Waals surface area contributed by atoms with Crippen LogP contribution in [0.3, 0.4) is 0 Å². The Balaban J connectivity index is 1.55. The minimum Gasteiger partial charge on any atom is -0.508 e. The molecule has 13 heteroatoms. The minimum absolute atomic E-state index is 0.00786. The van der Waals surface area contributed by atoms with Gasteiger partial charge in [-0.3, -0.25) is 24.1 Å². The van der Waals surface area contributed by atoms with Crippen LogP contribution in [0.2, 0.25) is 0 Å². The molecule has 2 fully saturated rings. The number of hydrogen-bond donors (Lipinski definition) is 7. The molecule has 4 aliphatic rings. The SMILES string of the molecule is CN(C)[C@@H]1C(=O)C(C(N)=O)=C(O)[C@@]2(O)C(=O)C3=C(O)c4c(O)c(NC(=O)CNC5CCCC5)cc(I)c4CC3CC12. The summed E-state index contributed by atoms with van der Waals surface area (Å²) in [5.41, 5.74) is 2.07. The molecular formula is C28H33IN4O8. The van der Waals surface area contributed by atoms with Crippen molar-refractivity contribution in [3.05, 3.63) is 37.7 Å². The van der Waals surface area contributed by atoms with E-state index in [0.717, 1.165) is 25.7 Å². The van der Waals surface area contributed by atoms with Gasteiger partial charge >= 0.3 is 0 Å². The molecule has 1 aromatic carbocycles. The largest absolute Gasteiger partial charge is 0.508 e. The van der Waals surface area contributed by atoms with Crippen LogP contribution >= 0.6 is 22.6 Å². The first-order chi connectivity index (χ1) is 19.3. The lowest BCUT2D eigenvalue weighted by Gasteiger charge is -2.50. The van der Waals surface area contributed by atoms with Crippen LogP contribution in [0.25, 0.3) is 5.76 Å². The van der Waals surface area contributed by atoms with Gasteiger partial charge in [0.15, 0.2) is 11.4 Å². The molecule has 41 heavy (non-hydrogen) atoms. The number of aliphatic hydroxyl groups is 3. The van der Waals surface area contributed by atoms with Gasteiger partial charge in [-0.05, 0) is 79.9 Å². The van der Waals surface area contributed by atoms with Gasteiger partial charge in [0, 0.05) is 21.1 Å². The number of phenolic OH excluding ortho intramolecular Hbond substituents is 1. The highest BCUT2D eigenvalue weighted by molar-refractivity contribution is 14.1. The van der Waals surface area contributed by atoms with Crippen molar-refractivity contribution < 1.29 is 39.6 Å². The number of amides is 2. The number of fused-ring (bicyclic) bond motifs is 3. The molecule has 2 unspecified atom stereocenters. The first-order valence-corrected chi connectivity index (χ1v) is 14.6. The van der Waals surface area contributed by atoms with Crippen LogP contribution < -0.4 is 16.4 Å². The van der Waals surface area contributed by atoms with Crippen LogP contribution in [0, 0.1) is 15.4 Å². The third-order valence-electron chi connectivity index (χ3n) is 8.85. The van der Waals surface area contributed by atoms with Gasteiger partial charge in [0.1, 0.15) is 22.8 Å². The number of nitrogens with two attached hydrogens (primary N) is 1. The minimum atomic E-state index is -2.70. The number of aromatic hydroxyl groups is 1. The number of phenols is 1. The Bertz CT molecular complexity index is 1430. The van der Waals surface area contributed by atoms with Gasteiger partial charge in [-0.1, -0.05) is 12.8 Å². The molecule has 0 spiro atoms. The Morgan fingerprint density at radius 2 is 1.83 bits per heavy atom. The fourth-order valence-electron chi connectivity index (χ4n) is 6.92. The van der Waals surface area contributed by atoms with E-state index in [1.54, 1.807) is 20.2 Å². The Kier molecular flexibility index (Phi) is 7.68. The lowest BCUT2D eigenvalue weighted by molar-refractivity contribution is -0.153. The molecular weight excluding hydrogens is 647 g/mol. The molecule has 4 aliphatic carbocycles. The molecule has 220 valence electrons. The van der Waals surface area contributed by atoms with Gasteiger partial charge in [0.05, 0.1) is 23.8 Å². The van der Waals surface area contributed by atoms with E-state index < -0.39 is 63.8 Å². The van der Waals surface area contributed by atoms with Gasteiger partial charge in [-0.15, -0.1) is 0 Å². The molecule has 0 radical (unpaired) electrons. The normalized spacial score (nSPS) is 28.1. The topological polar surface area (TPSA) is 203 Å². The summed E-state index contributed by atoms with van der Waals surface area (Å²) < 4.78 is 0.621. The highest BCUT2D eigenvalue weighted by atomic mass is 127. The number of nitrogens with one attached hydrogen (secondary N) is 2. The van der Waals surface area contributed by atoms with E-state index in [0.29, 0.717) is 9.13 Å². The van der Waals surface area contributed by atoms with Gasteiger partial charge in [0.25, 0.3) is 5.91 Å². The predicted molar refractivity (Wildman–Crippen MR) is 156 cm³/mol. The molecule has 0 aromatic heterocycles. The molecule has 0 saturated heterocycles. The van der Waals surface area contributed by atoms with Gasteiger partial charge in [-0.2, -0.15) is 0 Å². The number of rotatable bonds is 6. The molecule has 5 rings (SSSR count). The lowest BCUT2D eigenvalue weighted by atomic mass is 9.57. The van der Waals surface area contributed by atoms with Gasteiger partial charge in [0.2, 0.25) is 11.7 Å². The number of halogens is 1. The van der Waals surface area contributed by atoms with E-state index in [2.05, 4.69) is 10.6 Å². The molecule has 4 atom stereocenters. The van der Waals surface area contributed by atoms with E-state index in [1.165, 1.54) is 4.90 Å². The van der Waals surface area contributed by atoms with E-state index in [4.69, 9.17) is 5.73 Å². The molecule has 1 aromatic rings. The van der Waals surface area contributed by atoms with Crippen molar-refractivity contribution in [2.75, 3.05) is 26.0 Å². The quantitative estimate of drug-likeness (QED) is 0.129. The number of ketones is 2. The second-order valence-corrected chi connectivity index (χ2v) is 12.6. The Hall–Kier alpha value is -3.01. The third kappa shape index (κ3) is 4.62. The lowest BCUT2D eigenvalue weighted by Crippen LogP contribution is -2.65. The van der Waals surface area contributed by atoms with E-state index in [-0.39, 0.29) is 48.2 Å². The monoisotopic (exact) mass is 680 g/mol. The highest BCUT2D eigenvalue weighted by Gasteiger charge is 2.64. The Morgan fingerprint density at radius 1 is 1.17 bits per heavy atom. The first kappa shape index (κ1) is 29.5. The second kappa shape index (κ2) is 10.7. The number of nitrogens with zero attached hydrogens (tertiary/aromatic N) is 1. The molecule has 12 nitrogen and oxygen atoms in total. The Morgan fingerprint density at radius 3 is 2.44 bits per heavy atom. The average Bonchev–Trinajstić information content (AvgIpc) is 3.41. The van der Waals surface area contributed by atoms with Crippen molar-refractivity contribution in [3.63, 3.8) is 0 Å². The van der Waals surface area contributed by atoms with Crippen LogP contribution in [0.4, 0.5) is 5.69 Å².